The molecule has 6 heteroatoms. The molecule has 1 aromatic heterocycles. The molecular formula is C11H10FN3O2. The van der Waals surface area contributed by atoms with Crippen molar-refractivity contribution in [1.29, 1.82) is 0 Å². The molecule has 0 saturated heterocycles. The molecule has 0 aliphatic heterocycles. The van der Waals surface area contributed by atoms with Crippen molar-refractivity contribution >= 4 is 5.82 Å². The van der Waals surface area contributed by atoms with Crippen LogP contribution in [-0.2, 0) is 6.54 Å². The summed E-state index contributed by atoms with van der Waals surface area (Å²) in [6.45, 7) is 2.13. The predicted molar refractivity (Wildman–Crippen MR) is 59.1 cm³/mol. The zero-order valence-corrected chi connectivity index (χ0v) is 9.13. The Balaban J connectivity index is 2.24. The molecule has 0 radical (unpaired) electrons. The van der Waals surface area contributed by atoms with Gasteiger partial charge in [-0.3, -0.25) is 0 Å². The largest absolute Gasteiger partial charge is 0.381 e. The average molecular weight is 235 g/mol. The quantitative estimate of drug-likeness (QED) is 0.605. The van der Waals surface area contributed by atoms with Crippen molar-refractivity contribution in [3.05, 3.63) is 57.8 Å². The molecule has 0 bridgehead atoms. The van der Waals surface area contributed by atoms with Crippen molar-refractivity contribution in [2.75, 3.05) is 0 Å². The molecule has 0 amide bonds. The lowest BCUT2D eigenvalue weighted by Gasteiger charge is -2.02. The number of rotatable bonds is 3. The molecule has 88 valence electrons. The molecule has 1 aromatic carbocycles. The molecule has 2 aromatic rings. The monoisotopic (exact) mass is 235 g/mol. The Morgan fingerprint density at radius 1 is 1.41 bits per heavy atom. The van der Waals surface area contributed by atoms with Crippen LogP contribution in [-0.4, -0.2) is 14.5 Å². The van der Waals surface area contributed by atoms with E-state index in [1.165, 1.54) is 18.3 Å². The number of imidazole rings is 1. The van der Waals surface area contributed by atoms with Crippen LogP contribution >= 0.6 is 0 Å². The van der Waals surface area contributed by atoms with Gasteiger partial charge in [0, 0.05) is 6.92 Å². The van der Waals surface area contributed by atoms with Crippen LogP contribution in [0.15, 0.2) is 30.5 Å². The number of nitro groups is 1. The van der Waals surface area contributed by atoms with Crippen LogP contribution in [0.25, 0.3) is 0 Å². The minimum Gasteiger partial charge on any atom is -0.358 e. The van der Waals surface area contributed by atoms with Gasteiger partial charge in [-0.05, 0) is 27.6 Å². The van der Waals surface area contributed by atoms with Gasteiger partial charge >= 0.3 is 5.82 Å². The van der Waals surface area contributed by atoms with E-state index >= 15 is 0 Å². The predicted octanol–water partition coefficient (Wildman–Crippen LogP) is 2.29. The standard InChI is InChI=1S/C11H10FN3O2/c1-8-13-11(15(16)17)7-14(8)6-9-2-4-10(12)5-3-9/h2-5,7H,6H2,1H3. The normalized spacial score (nSPS) is 10.5. The Hall–Kier alpha value is -2.24. The van der Waals surface area contributed by atoms with Crippen molar-refractivity contribution in [3.8, 4) is 0 Å². The van der Waals surface area contributed by atoms with E-state index in [1.807, 2.05) is 0 Å². The molecule has 1 heterocycles. The van der Waals surface area contributed by atoms with E-state index in [-0.39, 0.29) is 11.6 Å². The summed E-state index contributed by atoms with van der Waals surface area (Å²) in [5.41, 5.74) is 0.863. The van der Waals surface area contributed by atoms with Crippen LogP contribution in [0.2, 0.25) is 0 Å². The maximum absolute atomic E-state index is 12.7. The van der Waals surface area contributed by atoms with Gasteiger partial charge in [-0.15, -0.1) is 0 Å². The number of hydrogen-bond acceptors (Lipinski definition) is 3. The van der Waals surface area contributed by atoms with E-state index in [0.29, 0.717) is 12.4 Å². The van der Waals surface area contributed by atoms with Gasteiger partial charge in [0.2, 0.25) is 5.82 Å². The van der Waals surface area contributed by atoms with Gasteiger partial charge in [-0.25, -0.2) is 4.39 Å². The number of benzene rings is 1. The summed E-state index contributed by atoms with van der Waals surface area (Å²) in [5, 5.41) is 10.5. The van der Waals surface area contributed by atoms with Gasteiger partial charge in [0.15, 0.2) is 0 Å². The number of aromatic nitrogens is 2. The molecule has 0 atom stereocenters. The van der Waals surface area contributed by atoms with Crippen molar-refractivity contribution in [3.63, 3.8) is 0 Å². The van der Waals surface area contributed by atoms with Crippen LogP contribution in [0.5, 0.6) is 0 Å². The average Bonchev–Trinajstić information content (AvgIpc) is 2.64. The number of halogens is 1. The topological polar surface area (TPSA) is 61.0 Å². The van der Waals surface area contributed by atoms with Crippen molar-refractivity contribution in [2.24, 2.45) is 0 Å². The molecule has 2 rings (SSSR count). The highest BCUT2D eigenvalue weighted by molar-refractivity contribution is 5.21. The molecule has 0 unspecified atom stereocenters. The molecule has 0 N–H and O–H groups in total. The Labute approximate surface area is 96.7 Å². The highest BCUT2D eigenvalue weighted by atomic mass is 19.1. The van der Waals surface area contributed by atoms with Gasteiger partial charge in [-0.1, -0.05) is 12.1 Å². The van der Waals surface area contributed by atoms with Gasteiger partial charge in [0.25, 0.3) is 0 Å². The Morgan fingerprint density at radius 2 is 2.06 bits per heavy atom. The Morgan fingerprint density at radius 3 is 2.59 bits per heavy atom. The summed E-state index contributed by atoms with van der Waals surface area (Å²) in [4.78, 5) is 13.8. The summed E-state index contributed by atoms with van der Waals surface area (Å²) in [6.07, 6.45) is 1.37. The molecule has 0 spiro atoms. The molecule has 0 aliphatic carbocycles. The molecular weight excluding hydrogens is 225 g/mol. The van der Waals surface area contributed by atoms with Gasteiger partial charge < -0.3 is 14.7 Å². The molecule has 0 fully saturated rings. The maximum Gasteiger partial charge on any atom is 0.381 e. The van der Waals surface area contributed by atoms with Crippen LogP contribution in [0.3, 0.4) is 0 Å². The highest BCUT2D eigenvalue weighted by Gasteiger charge is 2.14. The fraction of sp³-hybridized carbons (Fsp3) is 0.182. The van der Waals surface area contributed by atoms with Crippen molar-refractivity contribution in [1.82, 2.24) is 9.55 Å². The Bertz CT molecular complexity index is 548. The minimum atomic E-state index is -0.534. The summed E-state index contributed by atoms with van der Waals surface area (Å²) >= 11 is 0. The van der Waals surface area contributed by atoms with Crippen LogP contribution in [0.1, 0.15) is 11.4 Å². The van der Waals surface area contributed by atoms with Crippen molar-refractivity contribution < 1.29 is 9.31 Å². The van der Waals surface area contributed by atoms with E-state index in [2.05, 4.69) is 4.98 Å². The highest BCUT2D eigenvalue weighted by Crippen LogP contribution is 2.13. The first-order chi connectivity index (χ1) is 8.06. The van der Waals surface area contributed by atoms with E-state index in [0.717, 1.165) is 5.56 Å². The van der Waals surface area contributed by atoms with Crippen LogP contribution in [0, 0.1) is 22.9 Å². The SMILES string of the molecule is Cc1nc([N+](=O)[O-])cn1Cc1ccc(F)cc1. The second-order valence-corrected chi connectivity index (χ2v) is 3.66. The summed E-state index contributed by atoms with van der Waals surface area (Å²) in [6, 6.07) is 5.99. The third-order valence-electron chi connectivity index (χ3n) is 2.42. The third kappa shape index (κ3) is 2.47. The second kappa shape index (κ2) is 4.32. The smallest absolute Gasteiger partial charge is 0.358 e. The minimum absolute atomic E-state index is 0.176. The van der Waals surface area contributed by atoms with E-state index < -0.39 is 4.92 Å². The summed E-state index contributed by atoms with van der Waals surface area (Å²) in [7, 11) is 0. The van der Waals surface area contributed by atoms with E-state index in [4.69, 9.17) is 0 Å². The first-order valence-corrected chi connectivity index (χ1v) is 4.99. The molecule has 0 aliphatic rings. The fourth-order valence-corrected chi connectivity index (χ4v) is 1.53. The number of hydrogen-bond donors (Lipinski definition) is 0. The zero-order chi connectivity index (χ0) is 12.4. The lowest BCUT2D eigenvalue weighted by Crippen LogP contribution is -2.00. The third-order valence-corrected chi connectivity index (χ3v) is 2.42. The van der Waals surface area contributed by atoms with Crippen molar-refractivity contribution in [2.45, 2.75) is 13.5 Å². The number of aryl methyl sites for hydroxylation is 1. The summed E-state index contributed by atoms with van der Waals surface area (Å²) < 4.78 is 14.4. The lowest BCUT2D eigenvalue weighted by molar-refractivity contribution is -0.389. The van der Waals surface area contributed by atoms with E-state index in [1.54, 1.807) is 23.6 Å². The number of nitrogens with zero attached hydrogens (tertiary/aromatic N) is 3. The summed E-state index contributed by atoms with van der Waals surface area (Å²) in [5.74, 6) is 0.0766. The van der Waals surface area contributed by atoms with Gasteiger partial charge in [0.05, 0.1) is 6.54 Å². The van der Waals surface area contributed by atoms with Crippen LogP contribution in [0.4, 0.5) is 10.2 Å². The van der Waals surface area contributed by atoms with Gasteiger partial charge in [0.1, 0.15) is 12.0 Å². The van der Waals surface area contributed by atoms with Crippen LogP contribution < -0.4 is 0 Å². The first-order valence-electron chi connectivity index (χ1n) is 4.99. The Kier molecular flexibility index (Phi) is 2.86. The van der Waals surface area contributed by atoms with E-state index in [9.17, 15) is 14.5 Å². The maximum atomic E-state index is 12.7. The zero-order valence-electron chi connectivity index (χ0n) is 9.13. The second-order valence-electron chi connectivity index (χ2n) is 3.66. The van der Waals surface area contributed by atoms with Gasteiger partial charge in [-0.2, -0.15) is 0 Å². The lowest BCUT2D eigenvalue weighted by atomic mass is 10.2. The molecule has 5 nitrogen and oxygen atoms in total. The first kappa shape index (κ1) is 11.3. The molecule has 0 saturated carbocycles. The fourth-order valence-electron chi connectivity index (χ4n) is 1.53. The molecule has 17 heavy (non-hydrogen) atoms.